The highest BCUT2D eigenvalue weighted by Gasteiger charge is 2.13. The zero-order chi connectivity index (χ0) is 23.9. The van der Waals surface area contributed by atoms with E-state index in [0.29, 0.717) is 32.9 Å². The molecule has 0 saturated carbocycles. The van der Waals surface area contributed by atoms with E-state index >= 15 is 0 Å². The highest BCUT2D eigenvalue weighted by molar-refractivity contribution is 8.01. The van der Waals surface area contributed by atoms with Crippen LogP contribution in [0.25, 0.3) is 10.8 Å². The Labute approximate surface area is 203 Å². The first-order chi connectivity index (χ1) is 16.5. The predicted octanol–water partition coefficient (Wildman–Crippen LogP) is 4.85. The van der Waals surface area contributed by atoms with Crippen molar-refractivity contribution in [3.8, 4) is 0 Å². The van der Waals surface area contributed by atoms with Crippen molar-refractivity contribution < 1.29 is 19.1 Å². The molecule has 0 aliphatic heterocycles. The lowest BCUT2D eigenvalue weighted by atomic mass is 10.1. The number of benzene rings is 3. The molecule has 34 heavy (non-hydrogen) atoms. The number of carbonyl (C=O) groups is 3. The summed E-state index contributed by atoms with van der Waals surface area (Å²) in [5, 5.41) is 15.9. The minimum atomic E-state index is -0.407. The first kappa shape index (κ1) is 23.4. The molecule has 4 rings (SSSR count). The van der Waals surface area contributed by atoms with Gasteiger partial charge < -0.3 is 10.1 Å². The standard InChI is InChI=1S/C24H20N4O4S2/c1-2-32-22(31)16-9-11-19(12-10-16)25-20(29)14-33-24-28-27-23(34-24)26-21(30)18-8-7-15-5-3-4-6-17(15)13-18/h3-13H,2,14H2,1H3,(H,25,29)(H,26,27,30). The molecule has 3 aromatic carbocycles. The highest BCUT2D eigenvalue weighted by atomic mass is 32.2. The molecule has 0 fully saturated rings. The van der Waals surface area contributed by atoms with Crippen LogP contribution in [-0.2, 0) is 9.53 Å². The third-order valence-electron chi connectivity index (χ3n) is 4.65. The molecule has 10 heteroatoms. The fourth-order valence-corrected chi connectivity index (χ4v) is 4.59. The van der Waals surface area contributed by atoms with Crippen LogP contribution in [-0.4, -0.2) is 40.3 Å². The second kappa shape index (κ2) is 10.9. The highest BCUT2D eigenvalue weighted by Crippen LogP contribution is 2.26. The average molecular weight is 493 g/mol. The Balaban J connectivity index is 1.28. The molecule has 0 bridgehead atoms. The largest absolute Gasteiger partial charge is 0.462 e. The Hall–Kier alpha value is -3.76. The maximum Gasteiger partial charge on any atom is 0.338 e. The van der Waals surface area contributed by atoms with Crippen LogP contribution in [0.2, 0.25) is 0 Å². The minimum absolute atomic E-state index is 0.118. The number of carbonyl (C=O) groups excluding carboxylic acids is 3. The molecule has 172 valence electrons. The van der Waals surface area contributed by atoms with Crippen LogP contribution in [0, 0.1) is 0 Å². The lowest BCUT2D eigenvalue weighted by molar-refractivity contribution is -0.113. The number of anilines is 2. The predicted molar refractivity (Wildman–Crippen MR) is 134 cm³/mol. The van der Waals surface area contributed by atoms with E-state index in [0.717, 1.165) is 10.8 Å². The number of nitrogens with zero attached hydrogens (tertiary/aromatic N) is 2. The molecule has 0 spiro atoms. The van der Waals surface area contributed by atoms with Crippen LogP contribution < -0.4 is 10.6 Å². The third-order valence-corrected chi connectivity index (χ3v) is 6.62. The Morgan fingerprint density at radius 3 is 2.41 bits per heavy atom. The fraction of sp³-hybridized carbons (Fsp3) is 0.125. The van der Waals surface area contributed by atoms with Gasteiger partial charge in [-0.05, 0) is 54.1 Å². The number of esters is 1. The smallest absolute Gasteiger partial charge is 0.338 e. The molecule has 2 N–H and O–H groups in total. The van der Waals surface area contributed by atoms with Crippen LogP contribution in [0.4, 0.5) is 10.8 Å². The Kier molecular flexibility index (Phi) is 7.51. The maximum absolute atomic E-state index is 12.6. The zero-order valence-electron chi connectivity index (χ0n) is 18.1. The van der Waals surface area contributed by atoms with Gasteiger partial charge in [-0.25, -0.2) is 4.79 Å². The molecular weight excluding hydrogens is 472 g/mol. The maximum atomic E-state index is 12.6. The summed E-state index contributed by atoms with van der Waals surface area (Å²) in [6.07, 6.45) is 0. The number of thioether (sulfide) groups is 1. The summed E-state index contributed by atoms with van der Waals surface area (Å²) in [5.74, 6) is -0.795. The summed E-state index contributed by atoms with van der Waals surface area (Å²) in [6, 6.07) is 19.8. The van der Waals surface area contributed by atoms with Crippen molar-refractivity contribution in [2.45, 2.75) is 11.3 Å². The summed E-state index contributed by atoms with van der Waals surface area (Å²) in [6.45, 7) is 2.04. The number of rotatable bonds is 8. The molecule has 0 radical (unpaired) electrons. The van der Waals surface area contributed by atoms with Crippen LogP contribution in [0.15, 0.2) is 71.1 Å². The Morgan fingerprint density at radius 1 is 0.912 bits per heavy atom. The van der Waals surface area contributed by atoms with Gasteiger partial charge in [0.05, 0.1) is 17.9 Å². The molecule has 8 nitrogen and oxygen atoms in total. The van der Waals surface area contributed by atoms with Gasteiger partial charge in [-0.3, -0.25) is 14.9 Å². The van der Waals surface area contributed by atoms with Gasteiger partial charge in [0.25, 0.3) is 5.91 Å². The lowest BCUT2D eigenvalue weighted by Crippen LogP contribution is -2.14. The Morgan fingerprint density at radius 2 is 1.65 bits per heavy atom. The van der Waals surface area contributed by atoms with E-state index in [4.69, 9.17) is 4.74 Å². The second-order valence-electron chi connectivity index (χ2n) is 7.02. The molecule has 0 aliphatic carbocycles. The van der Waals surface area contributed by atoms with Gasteiger partial charge in [-0.1, -0.05) is 53.4 Å². The second-order valence-corrected chi connectivity index (χ2v) is 9.22. The Bertz CT molecular complexity index is 1340. The van der Waals surface area contributed by atoms with Gasteiger partial charge in [0.2, 0.25) is 11.0 Å². The van der Waals surface area contributed by atoms with Crippen LogP contribution in [0.3, 0.4) is 0 Å². The zero-order valence-corrected chi connectivity index (χ0v) is 19.7. The van der Waals surface area contributed by atoms with E-state index < -0.39 is 5.97 Å². The normalized spacial score (nSPS) is 10.6. The number of hydrogen-bond donors (Lipinski definition) is 2. The minimum Gasteiger partial charge on any atom is -0.462 e. The monoisotopic (exact) mass is 492 g/mol. The molecule has 0 aliphatic rings. The molecule has 1 heterocycles. The molecule has 2 amide bonds. The van der Waals surface area contributed by atoms with Crippen LogP contribution >= 0.6 is 23.1 Å². The number of aromatic nitrogens is 2. The van der Waals surface area contributed by atoms with Gasteiger partial charge in [0.1, 0.15) is 0 Å². The van der Waals surface area contributed by atoms with Crippen molar-refractivity contribution >= 4 is 62.5 Å². The summed E-state index contributed by atoms with van der Waals surface area (Å²) >= 11 is 2.41. The van der Waals surface area contributed by atoms with Crippen LogP contribution in [0.1, 0.15) is 27.6 Å². The van der Waals surface area contributed by atoms with Gasteiger partial charge in [-0.2, -0.15) is 0 Å². The van der Waals surface area contributed by atoms with Crippen LogP contribution in [0.5, 0.6) is 0 Å². The van der Waals surface area contributed by atoms with E-state index in [2.05, 4.69) is 20.8 Å². The van der Waals surface area contributed by atoms with E-state index in [-0.39, 0.29) is 17.6 Å². The summed E-state index contributed by atoms with van der Waals surface area (Å²) in [7, 11) is 0. The molecule has 4 aromatic rings. The number of amides is 2. The SMILES string of the molecule is CCOC(=O)c1ccc(NC(=O)CSc2nnc(NC(=O)c3ccc4ccccc4c3)s2)cc1. The van der Waals surface area contributed by atoms with Crippen molar-refractivity contribution in [1.82, 2.24) is 10.2 Å². The number of hydrogen-bond acceptors (Lipinski definition) is 8. The summed E-state index contributed by atoms with van der Waals surface area (Å²) < 4.78 is 5.49. The molecule has 0 atom stereocenters. The number of nitrogens with one attached hydrogen (secondary N) is 2. The quantitative estimate of drug-likeness (QED) is 0.205. The first-order valence-corrected chi connectivity index (χ1v) is 12.2. The molecule has 0 unspecified atom stereocenters. The number of fused-ring (bicyclic) bond motifs is 1. The van der Waals surface area contributed by atoms with Crippen molar-refractivity contribution in [3.63, 3.8) is 0 Å². The number of ether oxygens (including phenoxy) is 1. The molecular formula is C24H20N4O4S2. The fourth-order valence-electron chi connectivity index (χ4n) is 3.05. The van der Waals surface area contributed by atoms with E-state index in [1.807, 2.05) is 36.4 Å². The van der Waals surface area contributed by atoms with Gasteiger partial charge >= 0.3 is 5.97 Å². The van der Waals surface area contributed by atoms with E-state index in [1.165, 1.54) is 23.1 Å². The summed E-state index contributed by atoms with van der Waals surface area (Å²) in [4.78, 5) is 36.5. The first-order valence-electron chi connectivity index (χ1n) is 10.4. The molecule has 1 aromatic heterocycles. The van der Waals surface area contributed by atoms with Crippen molar-refractivity contribution in [2.75, 3.05) is 23.0 Å². The topological polar surface area (TPSA) is 110 Å². The van der Waals surface area contributed by atoms with Crippen molar-refractivity contribution in [3.05, 3.63) is 77.9 Å². The van der Waals surface area contributed by atoms with Gasteiger partial charge in [0, 0.05) is 11.3 Å². The third kappa shape index (κ3) is 5.97. The average Bonchev–Trinajstić information content (AvgIpc) is 3.30. The molecule has 0 saturated heterocycles. The van der Waals surface area contributed by atoms with E-state index in [9.17, 15) is 14.4 Å². The lowest BCUT2D eigenvalue weighted by Gasteiger charge is -2.06. The van der Waals surface area contributed by atoms with Gasteiger partial charge in [-0.15, -0.1) is 10.2 Å². The van der Waals surface area contributed by atoms with E-state index in [1.54, 1.807) is 37.3 Å². The van der Waals surface area contributed by atoms with Crippen molar-refractivity contribution in [1.29, 1.82) is 0 Å². The van der Waals surface area contributed by atoms with Gasteiger partial charge in [0.15, 0.2) is 4.34 Å². The summed E-state index contributed by atoms with van der Waals surface area (Å²) in [5.41, 5.74) is 1.51. The van der Waals surface area contributed by atoms with Crippen molar-refractivity contribution in [2.24, 2.45) is 0 Å².